The first-order valence-electron chi connectivity index (χ1n) is 11.7. The van der Waals surface area contributed by atoms with Gasteiger partial charge in [0.15, 0.2) is 0 Å². The molecular weight excluding hydrogens is 450 g/mol. The van der Waals surface area contributed by atoms with Crippen molar-refractivity contribution in [1.82, 2.24) is 25.8 Å². The minimum absolute atomic E-state index is 0.00508. The SMILES string of the molecule is Cn1c(C(=O)NCC(=O)N[C@@H](CC2CCCNC2=O)C(=O)C(=O)NC(C)(C)C)cc2ccccc21. The number of Topliss-reactive ketones (excluding diaryl/α,β-unsaturated/α-hetero) is 1. The van der Waals surface area contributed by atoms with Crippen molar-refractivity contribution in [3.63, 3.8) is 0 Å². The predicted octanol–water partition coefficient (Wildman–Crippen LogP) is 0.793. The summed E-state index contributed by atoms with van der Waals surface area (Å²) < 4.78 is 1.73. The van der Waals surface area contributed by atoms with E-state index in [1.165, 1.54) is 0 Å². The first-order valence-corrected chi connectivity index (χ1v) is 11.7. The molecule has 1 aliphatic rings. The van der Waals surface area contributed by atoms with E-state index in [0.717, 1.165) is 17.3 Å². The maximum Gasteiger partial charge on any atom is 0.290 e. The average Bonchev–Trinajstić information content (AvgIpc) is 3.13. The van der Waals surface area contributed by atoms with Gasteiger partial charge in [-0.1, -0.05) is 18.2 Å². The van der Waals surface area contributed by atoms with E-state index in [9.17, 15) is 24.0 Å². The Morgan fingerprint density at radius 3 is 2.54 bits per heavy atom. The maximum atomic E-state index is 12.9. The average molecular weight is 484 g/mol. The summed E-state index contributed by atoms with van der Waals surface area (Å²) in [6.07, 6.45) is 1.32. The van der Waals surface area contributed by atoms with Gasteiger partial charge in [0.2, 0.25) is 17.6 Å². The van der Waals surface area contributed by atoms with Crippen LogP contribution in [-0.4, -0.2) is 58.6 Å². The smallest absolute Gasteiger partial charge is 0.290 e. The quantitative estimate of drug-likeness (QED) is 0.411. The van der Waals surface area contributed by atoms with Crippen LogP contribution in [0.4, 0.5) is 0 Å². The van der Waals surface area contributed by atoms with Gasteiger partial charge in [-0.25, -0.2) is 0 Å². The molecule has 4 N–H and O–H groups in total. The normalized spacial score (nSPS) is 16.8. The molecule has 1 aliphatic heterocycles. The number of benzene rings is 1. The van der Waals surface area contributed by atoms with Gasteiger partial charge in [-0.05, 0) is 52.2 Å². The second-order valence-corrected chi connectivity index (χ2v) is 9.88. The van der Waals surface area contributed by atoms with Crippen molar-refractivity contribution < 1.29 is 24.0 Å². The highest BCUT2D eigenvalue weighted by Gasteiger charge is 2.34. The van der Waals surface area contributed by atoms with Crippen LogP contribution in [0.3, 0.4) is 0 Å². The third-order valence-corrected chi connectivity index (χ3v) is 5.88. The number of ketones is 1. The summed E-state index contributed by atoms with van der Waals surface area (Å²) in [6, 6.07) is 8.06. The number of piperidine rings is 1. The van der Waals surface area contributed by atoms with Gasteiger partial charge in [0.05, 0.1) is 12.6 Å². The van der Waals surface area contributed by atoms with E-state index in [1.54, 1.807) is 38.5 Å². The number of amides is 4. The lowest BCUT2D eigenvalue weighted by atomic mass is 9.89. The van der Waals surface area contributed by atoms with E-state index in [-0.39, 0.29) is 18.9 Å². The fourth-order valence-electron chi connectivity index (χ4n) is 4.14. The number of aryl methyl sites for hydroxylation is 1. The molecule has 10 nitrogen and oxygen atoms in total. The number of hydrogen-bond acceptors (Lipinski definition) is 5. The highest BCUT2D eigenvalue weighted by Crippen LogP contribution is 2.19. The Labute approximate surface area is 204 Å². The molecule has 0 aliphatic carbocycles. The summed E-state index contributed by atoms with van der Waals surface area (Å²) in [5.41, 5.74) is 0.620. The van der Waals surface area contributed by atoms with Gasteiger partial charge >= 0.3 is 0 Å². The Bertz CT molecular complexity index is 1150. The van der Waals surface area contributed by atoms with Crippen LogP contribution in [0.15, 0.2) is 30.3 Å². The third-order valence-electron chi connectivity index (χ3n) is 5.88. The number of carbonyl (C=O) groups excluding carboxylic acids is 5. The molecule has 0 bridgehead atoms. The van der Waals surface area contributed by atoms with Gasteiger partial charge in [-0.15, -0.1) is 0 Å². The second kappa shape index (κ2) is 10.7. The fourth-order valence-corrected chi connectivity index (χ4v) is 4.14. The number of para-hydroxylation sites is 1. The van der Waals surface area contributed by atoms with E-state index in [0.29, 0.717) is 18.7 Å². The molecule has 1 aromatic heterocycles. The van der Waals surface area contributed by atoms with E-state index in [2.05, 4.69) is 21.3 Å². The number of carbonyl (C=O) groups is 5. The Morgan fingerprint density at radius 1 is 1.17 bits per heavy atom. The highest BCUT2D eigenvalue weighted by molar-refractivity contribution is 6.38. The van der Waals surface area contributed by atoms with Crippen LogP contribution in [0.5, 0.6) is 0 Å². The summed E-state index contributed by atoms with van der Waals surface area (Å²) in [6.45, 7) is 5.39. The van der Waals surface area contributed by atoms with Crippen LogP contribution < -0.4 is 21.3 Å². The molecule has 2 atom stereocenters. The Kier molecular flexibility index (Phi) is 7.93. The molecule has 2 heterocycles. The van der Waals surface area contributed by atoms with Crippen molar-refractivity contribution in [1.29, 1.82) is 0 Å². The minimum Gasteiger partial charge on any atom is -0.356 e. The van der Waals surface area contributed by atoms with Crippen molar-refractivity contribution in [3.8, 4) is 0 Å². The van der Waals surface area contributed by atoms with E-state index in [4.69, 9.17) is 0 Å². The summed E-state index contributed by atoms with van der Waals surface area (Å²) >= 11 is 0. The molecule has 0 spiro atoms. The van der Waals surface area contributed by atoms with Crippen molar-refractivity contribution in [2.75, 3.05) is 13.1 Å². The maximum absolute atomic E-state index is 12.9. The van der Waals surface area contributed by atoms with Crippen LogP contribution >= 0.6 is 0 Å². The monoisotopic (exact) mass is 483 g/mol. The highest BCUT2D eigenvalue weighted by atomic mass is 16.2. The topological polar surface area (TPSA) is 138 Å². The fraction of sp³-hybridized carbons (Fsp3) is 0.480. The Balaban J connectivity index is 1.67. The van der Waals surface area contributed by atoms with Gasteiger partial charge in [0.25, 0.3) is 11.8 Å². The van der Waals surface area contributed by atoms with Crippen molar-refractivity contribution in [2.45, 2.75) is 51.6 Å². The lowest BCUT2D eigenvalue weighted by Gasteiger charge is -2.27. The lowest BCUT2D eigenvalue weighted by molar-refractivity contribution is -0.141. The van der Waals surface area contributed by atoms with Gasteiger partial charge in [-0.3, -0.25) is 24.0 Å². The van der Waals surface area contributed by atoms with Gasteiger partial charge < -0.3 is 25.8 Å². The number of aromatic nitrogens is 1. The van der Waals surface area contributed by atoms with Gasteiger partial charge in [-0.2, -0.15) is 0 Å². The predicted molar refractivity (Wildman–Crippen MR) is 130 cm³/mol. The van der Waals surface area contributed by atoms with E-state index < -0.39 is 41.0 Å². The number of hydrogen-bond donors (Lipinski definition) is 4. The first-order chi connectivity index (χ1) is 16.5. The molecule has 0 radical (unpaired) electrons. The standard InChI is InChI=1S/C25H33N5O5/c1-25(2,3)29-24(35)21(32)17(12-16-9-7-11-26-22(16)33)28-20(31)14-27-23(34)19-13-15-8-5-6-10-18(15)30(19)4/h5-6,8,10,13,16-17H,7,9,11-12,14H2,1-4H3,(H,26,33)(H,27,34)(H,28,31)(H,29,35)/t16?,17-/m0/s1. The molecule has 2 aromatic rings. The third kappa shape index (κ3) is 6.68. The van der Waals surface area contributed by atoms with Crippen molar-refractivity contribution in [2.24, 2.45) is 13.0 Å². The molecule has 188 valence electrons. The van der Waals surface area contributed by atoms with E-state index in [1.807, 2.05) is 24.3 Å². The Morgan fingerprint density at radius 2 is 1.89 bits per heavy atom. The number of fused-ring (bicyclic) bond motifs is 1. The Hall–Kier alpha value is -3.69. The molecule has 1 saturated heterocycles. The van der Waals surface area contributed by atoms with Crippen LogP contribution in [0.1, 0.15) is 50.5 Å². The molecule has 1 aromatic carbocycles. The summed E-state index contributed by atoms with van der Waals surface area (Å²) in [5.74, 6) is -3.44. The molecule has 35 heavy (non-hydrogen) atoms. The molecule has 0 saturated carbocycles. The first kappa shape index (κ1) is 25.9. The van der Waals surface area contributed by atoms with Crippen molar-refractivity contribution >= 4 is 40.3 Å². The van der Waals surface area contributed by atoms with Crippen molar-refractivity contribution in [3.05, 3.63) is 36.0 Å². The number of nitrogens with zero attached hydrogens (tertiary/aromatic N) is 1. The summed E-state index contributed by atoms with van der Waals surface area (Å²) in [7, 11) is 1.76. The lowest BCUT2D eigenvalue weighted by Crippen LogP contribution is -2.54. The van der Waals surface area contributed by atoms with Crippen LogP contribution in [0.2, 0.25) is 0 Å². The summed E-state index contributed by atoms with van der Waals surface area (Å²) in [4.78, 5) is 63.0. The van der Waals surface area contributed by atoms with Gasteiger partial charge in [0.1, 0.15) is 5.69 Å². The minimum atomic E-state index is -1.19. The molecule has 3 rings (SSSR count). The molecule has 1 unspecified atom stereocenters. The van der Waals surface area contributed by atoms with Crippen LogP contribution in [0.25, 0.3) is 10.9 Å². The number of nitrogens with one attached hydrogen (secondary N) is 4. The van der Waals surface area contributed by atoms with Gasteiger partial charge in [0, 0.05) is 36.0 Å². The summed E-state index contributed by atoms with van der Waals surface area (Å²) in [5, 5.41) is 11.4. The molecule has 4 amide bonds. The van der Waals surface area contributed by atoms with Crippen LogP contribution in [-0.2, 0) is 26.2 Å². The second-order valence-electron chi connectivity index (χ2n) is 9.88. The zero-order valence-electron chi connectivity index (χ0n) is 20.6. The zero-order chi connectivity index (χ0) is 25.8. The largest absolute Gasteiger partial charge is 0.356 e. The van der Waals surface area contributed by atoms with E-state index >= 15 is 0 Å². The molecular formula is C25H33N5O5. The molecule has 10 heteroatoms. The van der Waals surface area contributed by atoms with Crippen LogP contribution in [0, 0.1) is 5.92 Å². The zero-order valence-corrected chi connectivity index (χ0v) is 20.6. The number of rotatable bonds is 8. The molecule has 1 fully saturated rings.